The smallest absolute Gasteiger partial charge is 0.416 e. The molecule has 2 heterocycles. The van der Waals surface area contributed by atoms with Crippen molar-refractivity contribution >= 4 is 23.0 Å². The highest BCUT2D eigenvalue weighted by Crippen LogP contribution is 2.36. The zero-order chi connectivity index (χ0) is 27.9. The molecular weight excluding hydrogens is 511 g/mol. The maximum atomic E-state index is 13.2. The molecule has 0 amide bonds. The van der Waals surface area contributed by atoms with Crippen molar-refractivity contribution in [3.05, 3.63) is 65.5 Å². The Bertz CT molecular complexity index is 1510. The second kappa shape index (κ2) is 10.2. The predicted octanol–water partition coefficient (Wildman–Crippen LogP) is 6.26. The maximum absolute atomic E-state index is 13.2. The van der Waals surface area contributed by atoms with Crippen LogP contribution in [0.25, 0.3) is 22.6 Å². The van der Waals surface area contributed by atoms with Crippen molar-refractivity contribution in [2.75, 3.05) is 5.32 Å². The van der Waals surface area contributed by atoms with Gasteiger partial charge in [-0.05, 0) is 69.4 Å². The van der Waals surface area contributed by atoms with Gasteiger partial charge in [0.15, 0.2) is 11.5 Å². The highest BCUT2D eigenvalue weighted by atomic mass is 19.4. The fourth-order valence-corrected chi connectivity index (χ4v) is 4.50. The number of carboxylic acid groups (broad SMARTS) is 1. The van der Waals surface area contributed by atoms with Crippen LogP contribution in [-0.2, 0) is 12.7 Å². The van der Waals surface area contributed by atoms with Crippen LogP contribution in [0.15, 0.2) is 48.5 Å². The van der Waals surface area contributed by atoms with Gasteiger partial charge in [-0.1, -0.05) is 24.3 Å². The summed E-state index contributed by atoms with van der Waals surface area (Å²) < 4.78 is 47.2. The topological polar surface area (TPSA) is 102 Å². The third-order valence-corrected chi connectivity index (χ3v) is 6.57. The minimum absolute atomic E-state index is 0.0328. The van der Waals surface area contributed by atoms with Gasteiger partial charge >= 0.3 is 12.1 Å². The summed E-state index contributed by atoms with van der Waals surface area (Å²) in [6, 6.07) is 12.2. The fourth-order valence-electron chi connectivity index (χ4n) is 4.50. The first-order valence-corrected chi connectivity index (χ1v) is 12.7. The molecular formula is C28H28F3N5O3. The van der Waals surface area contributed by atoms with Crippen molar-refractivity contribution in [3.8, 4) is 17.1 Å². The van der Waals surface area contributed by atoms with E-state index in [2.05, 4.69) is 15.3 Å². The number of aromatic nitrogens is 4. The zero-order valence-corrected chi connectivity index (χ0v) is 21.7. The molecule has 2 aromatic carbocycles. The standard InChI is InChI=1S/C28H28F3N5O3/c1-15(2)39-21-6-4-5-19(13-21)26-35-24-22(36(26)14-17-7-11-20(12-8-17)28(29,30)31)23(32-16(3)18-9-10-18)33-25(34-24)27(37)38/h4-8,11-13,15-16,18H,9-10,14H2,1-3H3,(H,37,38)(H,32,33,34)/t16-/m1/s1. The molecule has 0 aliphatic heterocycles. The van der Waals surface area contributed by atoms with Crippen molar-refractivity contribution < 1.29 is 27.8 Å². The number of alkyl halides is 3. The minimum atomic E-state index is -4.45. The quantitative estimate of drug-likeness (QED) is 0.259. The zero-order valence-electron chi connectivity index (χ0n) is 21.7. The Hall–Kier alpha value is -4.15. The molecule has 204 valence electrons. The number of fused-ring (bicyclic) bond motifs is 1. The Morgan fingerprint density at radius 3 is 2.44 bits per heavy atom. The number of carbonyl (C=O) groups is 1. The summed E-state index contributed by atoms with van der Waals surface area (Å²) in [4.78, 5) is 25.1. The predicted molar refractivity (Wildman–Crippen MR) is 140 cm³/mol. The first-order valence-electron chi connectivity index (χ1n) is 12.7. The Morgan fingerprint density at radius 2 is 1.82 bits per heavy atom. The van der Waals surface area contributed by atoms with Crippen LogP contribution in [0.3, 0.4) is 0 Å². The molecule has 0 radical (unpaired) electrons. The van der Waals surface area contributed by atoms with Gasteiger partial charge in [0, 0.05) is 18.2 Å². The molecule has 1 aliphatic rings. The van der Waals surface area contributed by atoms with E-state index in [4.69, 9.17) is 9.72 Å². The number of imidazole rings is 1. The molecule has 8 nitrogen and oxygen atoms in total. The van der Waals surface area contributed by atoms with E-state index >= 15 is 0 Å². The second-order valence-electron chi connectivity index (χ2n) is 10.1. The number of hydrogen-bond acceptors (Lipinski definition) is 6. The number of aromatic carboxylic acids is 1. The summed E-state index contributed by atoms with van der Waals surface area (Å²) >= 11 is 0. The van der Waals surface area contributed by atoms with Crippen molar-refractivity contribution in [2.45, 2.75) is 58.5 Å². The number of rotatable bonds is 9. The van der Waals surface area contributed by atoms with Gasteiger partial charge in [0.05, 0.1) is 11.7 Å². The number of halogens is 3. The molecule has 0 bridgehead atoms. The van der Waals surface area contributed by atoms with E-state index < -0.39 is 23.5 Å². The molecule has 1 aliphatic carbocycles. The van der Waals surface area contributed by atoms with Gasteiger partial charge in [0.25, 0.3) is 0 Å². The van der Waals surface area contributed by atoms with Crippen LogP contribution in [0.2, 0.25) is 0 Å². The molecule has 0 spiro atoms. The number of anilines is 1. The highest BCUT2D eigenvalue weighted by Gasteiger charge is 2.31. The number of benzene rings is 2. The average molecular weight is 540 g/mol. The second-order valence-corrected chi connectivity index (χ2v) is 10.1. The van der Waals surface area contributed by atoms with E-state index in [9.17, 15) is 23.1 Å². The molecule has 0 unspecified atom stereocenters. The summed E-state index contributed by atoms with van der Waals surface area (Å²) in [6.07, 6.45) is -2.38. The summed E-state index contributed by atoms with van der Waals surface area (Å²) in [5, 5.41) is 13.0. The minimum Gasteiger partial charge on any atom is -0.491 e. The Kier molecular flexibility index (Phi) is 6.92. The van der Waals surface area contributed by atoms with Gasteiger partial charge in [-0.2, -0.15) is 13.2 Å². The monoisotopic (exact) mass is 539 g/mol. The number of ether oxygens (including phenoxy) is 1. The summed E-state index contributed by atoms with van der Waals surface area (Å²) in [7, 11) is 0. The third-order valence-electron chi connectivity index (χ3n) is 6.57. The largest absolute Gasteiger partial charge is 0.491 e. The van der Waals surface area contributed by atoms with Crippen molar-refractivity contribution in [1.82, 2.24) is 19.5 Å². The van der Waals surface area contributed by atoms with Gasteiger partial charge in [-0.15, -0.1) is 0 Å². The van der Waals surface area contributed by atoms with E-state index in [-0.39, 0.29) is 24.3 Å². The average Bonchev–Trinajstić information content (AvgIpc) is 3.66. The molecule has 39 heavy (non-hydrogen) atoms. The van der Waals surface area contributed by atoms with Crippen LogP contribution in [0.1, 0.15) is 55.4 Å². The number of hydrogen-bond donors (Lipinski definition) is 2. The van der Waals surface area contributed by atoms with Gasteiger partial charge in [0.2, 0.25) is 5.82 Å². The number of nitrogens with one attached hydrogen (secondary N) is 1. The molecule has 11 heteroatoms. The lowest BCUT2D eigenvalue weighted by Crippen LogP contribution is -2.20. The van der Waals surface area contributed by atoms with Crippen LogP contribution in [0.5, 0.6) is 5.75 Å². The van der Waals surface area contributed by atoms with E-state index in [1.165, 1.54) is 12.1 Å². The van der Waals surface area contributed by atoms with Gasteiger partial charge in [-0.25, -0.2) is 19.7 Å². The lowest BCUT2D eigenvalue weighted by Gasteiger charge is -2.17. The Morgan fingerprint density at radius 1 is 1.10 bits per heavy atom. The molecule has 1 atom stereocenters. The Labute approximate surface area is 222 Å². The van der Waals surface area contributed by atoms with Crippen LogP contribution in [0, 0.1) is 5.92 Å². The molecule has 4 aromatic rings. The summed E-state index contributed by atoms with van der Waals surface area (Å²) in [6.45, 7) is 5.99. The van der Waals surface area contributed by atoms with Crippen molar-refractivity contribution in [3.63, 3.8) is 0 Å². The maximum Gasteiger partial charge on any atom is 0.416 e. The van der Waals surface area contributed by atoms with Crippen molar-refractivity contribution in [2.24, 2.45) is 5.92 Å². The number of carboxylic acids is 1. The first-order chi connectivity index (χ1) is 18.5. The van der Waals surface area contributed by atoms with E-state index in [0.29, 0.717) is 40.0 Å². The van der Waals surface area contributed by atoms with E-state index in [1.807, 2.05) is 45.0 Å². The van der Waals surface area contributed by atoms with Crippen LogP contribution in [0.4, 0.5) is 19.0 Å². The molecule has 2 N–H and O–H groups in total. The Balaban J connectivity index is 1.68. The first kappa shape index (κ1) is 26.5. The lowest BCUT2D eigenvalue weighted by atomic mass is 10.1. The molecule has 1 saturated carbocycles. The molecule has 2 aromatic heterocycles. The van der Waals surface area contributed by atoms with Crippen LogP contribution in [-0.4, -0.2) is 42.7 Å². The van der Waals surface area contributed by atoms with Gasteiger partial charge < -0.3 is 19.7 Å². The highest BCUT2D eigenvalue weighted by molar-refractivity contribution is 5.92. The van der Waals surface area contributed by atoms with Crippen LogP contribution < -0.4 is 10.1 Å². The van der Waals surface area contributed by atoms with Gasteiger partial charge in [0.1, 0.15) is 17.1 Å². The van der Waals surface area contributed by atoms with Crippen molar-refractivity contribution in [1.29, 1.82) is 0 Å². The normalized spacial score (nSPS) is 14.5. The summed E-state index contributed by atoms with van der Waals surface area (Å²) in [5.74, 6) is 0.156. The molecule has 1 fully saturated rings. The van der Waals surface area contributed by atoms with Crippen LogP contribution >= 0.6 is 0 Å². The molecule has 0 saturated heterocycles. The van der Waals surface area contributed by atoms with Gasteiger partial charge in [-0.3, -0.25) is 0 Å². The third kappa shape index (κ3) is 5.81. The molecule has 5 rings (SSSR count). The lowest BCUT2D eigenvalue weighted by molar-refractivity contribution is -0.137. The summed E-state index contributed by atoms with van der Waals surface area (Å²) in [5.41, 5.74) is 1.18. The van der Waals surface area contributed by atoms with E-state index in [0.717, 1.165) is 25.0 Å². The SMILES string of the molecule is CC(C)Oc1cccc(-c2nc3nc(C(=O)O)nc(N[C@H](C)C4CC4)c3n2Cc2ccc(C(F)(F)F)cc2)c1. The van der Waals surface area contributed by atoms with E-state index in [1.54, 1.807) is 4.57 Å². The fraction of sp³-hybridized carbons (Fsp3) is 0.357. The number of nitrogens with zero attached hydrogens (tertiary/aromatic N) is 4.